The van der Waals surface area contributed by atoms with E-state index in [1.165, 1.54) is 0 Å². The van der Waals surface area contributed by atoms with Crippen LogP contribution in [0.1, 0.15) is 45.2 Å². The molecule has 1 aromatic heterocycles. The lowest BCUT2D eigenvalue weighted by Gasteiger charge is -2.37. The van der Waals surface area contributed by atoms with E-state index >= 15 is 0 Å². The van der Waals surface area contributed by atoms with Gasteiger partial charge < -0.3 is 24.6 Å². The molecule has 0 aliphatic rings. The summed E-state index contributed by atoms with van der Waals surface area (Å²) in [6, 6.07) is 59.9. The Morgan fingerprint density at radius 3 is 1.18 bits per heavy atom. The van der Waals surface area contributed by atoms with E-state index in [9.17, 15) is 15.3 Å². The minimum absolute atomic E-state index is 0.217. The molecule has 0 radical (unpaired) electrons. The van der Waals surface area contributed by atoms with Gasteiger partial charge in [-0.25, -0.2) is 4.98 Å². The molecule has 0 saturated carbocycles. The van der Waals surface area contributed by atoms with Gasteiger partial charge in [-0.3, -0.25) is 0 Å². The summed E-state index contributed by atoms with van der Waals surface area (Å²) in [4.78, 5) is 4.61. The molecule has 6 heteroatoms. The first-order chi connectivity index (χ1) is 25.0. The molecule has 6 aromatic carbocycles. The molecule has 0 bridgehead atoms. The second-order valence-electron chi connectivity index (χ2n) is 12.6. The Balaban J connectivity index is 1.23. The normalized spacial score (nSPS) is 13.7. The van der Waals surface area contributed by atoms with Gasteiger partial charge in [-0.05, 0) is 33.4 Å². The monoisotopic (exact) mass is 672 g/mol. The Bertz CT molecular complexity index is 1900. The van der Waals surface area contributed by atoms with E-state index in [0.29, 0.717) is 0 Å². The maximum atomic E-state index is 11.6. The highest BCUT2D eigenvalue weighted by Gasteiger charge is 2.41. The summed E-state index contributed by atoms with van der Waals surface area (Å²) < 4.78 is 8.71. The van der Waals surface area contributed by atoms with E-state index in [1.54, 1.807) is 12.5 Å². The Morgan fingerprint density at radius 1 is 0.490 bits per heavy atom. The van der Waals surface area contributed by atoms with Crippen LogP contribution in [-0.4, -0.2) is 43.7 Å². The van der Waals surface area contributed by atoms with Crippen molar-refractivity contribution in [3.63, 3.8) is 0 Å². The smallest absolute Gasteiger partial charge is 0.143 e. The van der Waals surface area contributed by atoms with Crippen LogP contribution in [0.5, 0.6) is 0 Å². The molecule has 6 nitrogen and oxygen atoms in total. The topological polar surface area (TPSA) is 87.7 Å². The minimum Gasteiger partial charge on any atom is -0.388 e. The van der Waals surface area contributed by atoms with Crippen molar-refractivity contribution in [3.05, 3.63) is 234 Å². The van der Waals surface area contributed by atoms with Crippen LogP contribution in [-0.2, 0) is 15.9 Å². The molecule has 0 fully saturated rings. The molecular formula is C45H40N2O4. The lowest BCUT2D eigenvalue weighted by molar-refractivity contribution is -0.112. The summed E-state index contributed by atoms with van der Waals surface area (Å²) in [7, 11) is 0. The molecular weight excluding hydrogens is 633 g/mol. The third-order valence-electron chi connectivity index (χ3n) is 9.60. The first-order valence-electron chi connectivity index (χ1n) is 17.1. The highest BCUT2D eigenvalue weighted by Crippen LogP contribution is 2.42. The summed E-state index contributed by atoms with van der Waals surface area (Å²) in [6.07, 6.45) is -1.15. The number of aliphatic hydroxyl groups excluding tert-OH is 3. The fourth-order valence-electron chi connectivity index (χ4n) is 7.12. The van der Waals surface area contributed by atoms with Crippen molar-refractivity contribution in [2.45, 2.75) is 29.5 Å². The van der Waals surface area contributed by atoms with Crippen molar-refractivity contribution < 1.29 is 20.1 Å². The zero-order valence-electron chi connectivity index (χ0n) is 28.1. The van der Waals surface area contributed by atoms with Crippen LogP contribution < -0.4 is 0 Å². The number of aliphatic hydroxyl groups is 3. The van der Waals surface area contributed by atoms with Gasteiger partial charge in [0, 0.05) is 6.20 Å². The van der Waals surface area contributed by atoms with Crippen molar-refractivity contribution in [3.8, 4) is 0 Å². The van der Waals surface area contributed by atoms with Crippen LogP contribution in [0.4, 0.5) is 0 Å². The third-order valence-corrected chi connectivity index (χ3v) is 9.60. The van der Waals surface area contributed by atoms with Gasteiger partial charge in [0.25, 0.3) is 0 Å². The van der Waals surface area contributed by atoms with E-state index in [0.717, 1.165) is 33.4 Å². The largest absolute Gasteiger partial charge is 0.388 e. The molecule has 7 aromatic rings. The van der Waals surface area contributed by atoms with Gasteiger partial charge in [-0.1, -0.05) is 182 Å². The number of hydrogen-bond acceptors (Lipinski definition) is 5. The Labute approximate surface area is 298 Å². The van der Waals surface area contributed by atoms with Gasteiger partial charge in [0.05, 0.1) is 18.6 Å². The molecule has 7 rings (SSSR count). The Morgan fingerprint density at radius 2 is 0.824 bits per heavy atom. The Kier molecular flexibility index (Phi) is 10.0. The van der Waals surface area contributed by atoms with Gasteiger partial charge in [0.1, 0.15) is 29.5 Å². The Hall–Kier alpha value is -5.63. The molecule has 0 spiro atoms. The number of benzene rings is 6. The standard InChI is InChI=1S/C45H40N2O4/c48-41(32-51-45(37-25-13-4-14-26-37,38-27-15-5-16-28-38)39-29-17-6-18-30-39)43(50)42(49)40-31-47(33-46-40)44(34-19-7-1-8-20-34,35-21-9-2-10-22-35)36-23-11-3-12-24-36/h1-31,33,41-43,48-50H,32H2/t41-,42-,43-/m1/s1. The first-order valence-corrected chi connectivity index (χ1v) is 17.1. The molecule has 3 atom stereocenters. The van der Waals surface area contributed by atoms with Crippen LogP contribution in [0.2, 0.25) is 0 Å². The van der Waals surface area contributed by atoms with E-state index in [4.69, 9.17) is 4.74 Å². The van der Waals surface area contributed by atoms with E-state index in [-0.39, 0.29) is 12.3 Å². The molecule has 1 heterocycles. The number of imidazole rings is 1. The maximum Gasteiger partial charge on any atom is 0.143 e. The lowest BCUT2D eigenvalue weighted by atomic mass is 9.77. The number of ether oxygens (including phenoxy) is 1. The van der Waals surface area contributed by atoms with Crippen LogP contribution in [0.3, 0.4) is 0 Å². The summed E-state index contributed by atoms with van der Waals surface area (Å²) in [5, 5.41) is 34.6. The van der Waals surface area contributed by atoms with Crippen molar-refractivity contribution in [1.29, 1.82) is 0 Å². The summed E-state index contributed by atoms with van der Waals surface area (Å²) in [5.41, 5.74) is 3.85. The predicted octanol–water partition coefficient (Wildman–Crippen LogP) is 7.49. The molecule has 0 amide bonds. The quantitative estimate of drug-likeness (QED) is 0.111. The summed E-state index contributed by atoms with van der Waals surface area (Å²) in [5.74, 6) is 0. The average Bonchev–Trinajstić information content (AvgIpc) is 3.71. The number of rotatable bonds is 13. The zero-order valence-corrected chi connectivity index (χ0v) is 28.1. The lowest BCUT2D eigenvalue weighted by Crippen LogP contribution is -2.41. The van der Waals surface area contributed by atoms with Gasteiger partial charge in [-0.2, -0.15) is 0 Å². The van der Waals surface area contributed by atoms with Crippen molar-refractivity contribution >= 4 is 0 Å². The molecule has 0 aliphatic heterocycles. The first kappa shape index (κ1) is 33.8. The fraction of sp³-hybridized carbons (Fsp3) is 0.133. The summed E-state index contributed by atoms with van der Waals surface area (Å²) >= 11 is 0. The SMILES string of the molecule is O[C@H]([C@H](O)COC(c1ccccc1)(c1ccccc1)c1ccccc1)[C@H](O)c1cn(C(c2ccccc2)(c2ccccc2)c2ccccc2)cn1. The van der Waals surface area contributed by atoms with Gasteiger partial charge >= 0.3 is 0 Å². The van der Waals surface area contributed by atoms with Crippen molar-refractivity contribution in [1.82, 2.24) is 9.55 Å². The molecule has 0 unspecified atom stereocenters. The second kappa shape index (κ2) is 15.1. The number of aromatic nitrogens is 2. The molecule has 0 saturated heterocycles. The highest BCUT2D eigenvalue weighted by molar-refractivity contribution is 5.51. The zero-order chi connectivity index (χ0) is 35.1. The van der Waals surface area contributed by atoms with E-state index in [1.807, 2.05) is 150 Å². The maximum absolute atomic E-state index is 11.6. The number of nitrogens with zero attached hydrogens (tertiary/aromatic N) is 2. The minimum atomic E-state index is -1.60. The average molecular weight is 673 g/mol. The summed E-state index contributed by atoms with van der Waals surface area (Å²) in [6.45, 7) is -0.278. The highest BCUT2D eigenvalue weighted by atomic mass is 16.5. The van der Waals surface area contributed by atoms with Crippen LogP contribution in [0.25, 0.3) is 0 Å². The van der Waals surface area contributed by atoms with Crippen LogP contribution in [0, 0.1) is 0 Å². The molecule has 51 heavy (non-hydrogen) atoms. The van der Waals surface area contributed by atoms with E-state index < -0.39 is 29.5 Å². The van der Waals surface area contributed by atoms with Crippen molar-refractivity contribution in [2.75, 3.05) is 6.61 Å². The third kappa shape index (κ3) is 6.42. The molecule has 254 valence electrons. The van der Waals surface area contributed by atoms with Crippen LogP contribution >= 0.6 is 0 Å². The predicted molar refractivity (Wildman–Crippen MR) is 199 cm³/mol. The van der Waals surface area contributed by atoms with Gasteiger partial charge in [0.2, 0.25) is 0 Å². The van der Waals surface area contributed by atoms with Crippen LogP contribution in [0.15, 0.2) is 195 Å². The molecule has 0 aliphatic carbocycles. The van der Waals surface area contributed by atoms with E-state index in [2.05, 4.69) is 41.4 Å². The van der Waals surface area contributed by atoms with Crippen molar-refractivity contribution in [2.24, 2.45) is 0 Å². The van der Waals surface area contributed by atoms with Gasteiger partial charge in [-0.15, -0.1) is 0 Å². The van der Waals surface area contributed by atoms with Gasteiger partial charge in [0.15, 0.2) is 0 Å². The second-order valence-corrected chi connectivity index (χ2v) is 12.6. The molecule has 3 N–H and O–H groups in total. The number of hydrogen-bond donors (Lipinski definition) is 3. The fourth-order valence-corrected chi connectivity index (χ4v) is 7.12.